The van der Waals surface area contributed by atoms with E-state index in [2.05, 4.69) is 5.32 Å². The second-order valence-electron chi connectivity index (χ2n) is 4.78. The number of halogens is 1. The zero-order valence-electron chi connectivity index (χ0n) is 11.9. The summed E-state index contributed by atoms with van der Waals surface area (Å²) in [6.45, 7) is 0. The third-order valence-electron chi connectivity index (χ3n) is 3.41. The number of fused-ring (bicyclic) bond motifs is 1. The van der Waals surface area contributed by atoms with E-state index in [-0.39, 0.29) is 5.69 Å². The van der Waals surface area contributed by atoms with Gasteiger partial charge in [-0.3, -0.25) is 4.79 Å². The van der Waals surface area contributed by atoms with E-state index in [1.54, 1.807) is 12.1 Å². The average Bonchev–Trinajstić information content (AvgIpc) is 2.78. The highest BCUT2D eigenvalue weighted by Crippen LogP contribution is 2.25. The minimum Gasteiger partial charge on any atom is -0.497 e. The van der Waals surface area contributed by atoms with Gasteiger partial charge in [0.25, 0.3) is 5.91 Å². The van der Waals surface area contributed by atoms with Crippen LogP contribution in [0.1, 0.15) is 21.7 Å². The molecule has 1 heterocycles. The number of rotatable bonds is 3. The van der Waals surface area contributed by atoms with Crippen LogP contribution in [-0.2, 0) is 6.42 Å². The Morgan fingerprint density at radius 3 is 3.00 bits per heavy atom. The molecule has 0 fully saturated rings. The highest BCUT2D eigenvalue weighted by Gasteiger charge is 2.19. The molecule has 0 unspecified atom stereocenters. The first-order valence-electron chi connectivity index (χ1n) is 6.77. The normalized spacial score (nSPS) is 12.6. The second-order valence-corrected chi connectivity index (χ2v) is 4.78. The first kappa shape index (κ1) is 14.1. The number of carbonyl (C=O) groups is 1. The van der Waals surface area contributed by atoms with Crippen LogP contribution in [0.15, 0.2) is 47.1 Å². The van der Waals surface area contributed by atoms with E-state index in [4.69, 9.17) is 9.15 Å². The largest absolute Gasteiger partial charge is 0.497 e. The van der Waals surface area contributed by atoms with E-state index in [9.17, 15) is 9.18 Å². The number of carbonyl (C=O) groups excluding carboxylic acids is 1. The van der Waals surface area contributed by atoms with Crippen LogP contribution in [0.25, 0.3) is 6.08 Å². The van der Waals surface area contributed by atoms with Crippen LogP contribution < -0.4 is 10.1 Å². The SMILES string of the molecule is COc1ccc(NC(=O)c2coc3c2CC=CC=C3)c(F)c1. The fourth-order valence-corrected chi connectivity index (χ4v) is 2.26. The molecule has 0 atom stereocenters. The summed E-state index contributed by atoms with van der Waals surface area (Å²) in [6, 6.07) is 4.27. The molecule has 0 spiro atoms. The van der Waals surface area contributed by atoms with Gasteiger partial charge in [0.2, 0.25) is 0 Å². The second kappa shape index (κ2) is 5.89. The minimum absolute atomic E-state index is 0.0976. The molecule has 3 rings (SSSR count). The number of ether oxygens (including phenoxy) is 1. The van der Waals surface area contributed by atoms with Crippen LogP contribution >= 0.6 is 0 Å². The third-order valence-corrected chi connectivity index (χ3v) is 3.41. The van der Waals surface area contributed by atoms with E-state index < -0.39 is 11.7 Å². The Kier molecular flexibility index (Phi) is 3.78. The highest BCUT2D eigenvalue weighted by molar-refractivity contribution is 6.05. The first-order valence-corrected chi connectivity index (χ1v) is 6.77. The molecule has 5 heteroatoms. The number of amides is 1. The summed E-state index contributed by atoms with van der Waals surface area (Å²) in [5.74, 6) is 0.0770. The van der Waals surface area contributed by atoms with Crippen LogP contribution in [0.5, 0.6) is 5.75 Å². The van der Waals surface area contributed by atoms with Crippen LogP contribution in [-0.4, -0.2) is 13.0 Å². The summed E-state index contributed by atoms with van der Waals surface area (Å²) in [7, 11) is 1.45. The van der Waals surface area contributed by atoms with Gasteiger partial charge in [-0.2, -0.15) is 0 Å². The molecular formula is C17H14FNO3. The van der Waals surface area contributed by atoms with Crippen molar-refractivity contribution in [2.24, 2.45) is 0 Å². The van der Waals surface area contributed by atoms with Crippen molar-refractivity contribution < 1.29 is 18.3 Å². The fourth-order valence-electron chi connectivity index (χ4n) is 2.26. The monoisotopic (exact) mass is 299 g/mol. The summed E-state index contributed by atoms with van der Waals surface area (Å²) in [4.78, 5) is 12.3. The van der Waals surface area contributed by atoms with Gasteiger partial charge in [0.05, 0.1) is 18.4 Å². The lowest BCUT2D eigenvalue weighted by Gasteiger charge is -2.08. The van der Waals surface area contributed by atoms with E-state index in [0.29, 0.717) is 23.5 Å². The highest BCUT2D eigenvalue weighted by atomic mass is 19.1. The summed E-state index contributed by atoms with van der Waals surface area (Å²) < 4.78 is 24.2. The summed E-state index contributed by atoms with van der Waals surface area (Å²) in [5, 5.41) is 2.56. The van der Waals surface area contributed by atoms with Gasteiger partial charge in [0.1, 0.15) is 23.6 Å². The Balaban J connectivity index is 1.85. The molecule has 1 aliphatic rings. The molecule has 1 aliphatic carbocycles. The molecule has 0 saturated carbocycles. The number of benzene rings is 1. The van der Waals surface area contributed by atoms with Crippen molar-refractivity contribution in [1.82, 2.24) is 0 Å². The predicted octanol–water partition coefficient (Wildman–Crippen LogP) is 3.81. The van der Waals surface area contributed by atoms with Crippen molar-refractivity contribution in [2.75, 3.05) is 12.4 Å². The van der Waals surface area contributed by atoms with Gasteiger partial charge in [-0.15, -0.1) is 0 Å². The molecule has 4 nitrogen and oxygen atoms in total. The zero-order valence-corrected chi connectivity index (χ0v) is 11.9. The maximum absolute atomic E-state index is 13.9. The number of methoxy groups -OCH3 is 1. The first-order chi connectivity index (χ1) is 10.7. The van der Waals surface area contributed by atoms with Gasteiger partial charge in [-0.05, 0) is 24.6 Å². The molecule has 112 valence electrons. The maximum atomic E-state index is 13.9. The number of furan rings is 1. The van der Waals surface area contributed by atoms with E-state index in [1.807, 2.05) is 18.2 Å². The molecule has 0 aliphatic heterocycles. The Morgan fingerprint density at radius 1 is 1.36 bits per heavy atom. The molecule has 1 aromatic carbocycles. The summed E-state index contributed by atoms with van der Waals surface area (Å²) in [6.07, 6.45) is 9.45. The van der Waals surface area contributed by atoms with Crippen LogP contribution in [0.3, 0.4) is 0 Å². The molecule has 1 amide bonds. The fraction of sp³-hybridized carbons (Fsp3) is 0.118. The smallest absolute Gasteiger partial charge is 0.259 e. The quantitative estimate of drug-likeness (QED) is 0.937. The maximum Gasteiger partial charge on any atom is 0.259 e. The number of allylic oxidation sites excluding steroid dienone is 3. The zero-order chi connectivity index (χ0) is 15.5. The average molecular weight is 299 g/mol. The van der Waals surface area contributed by atoms with Crippen LogP contribution in [0.4, 0.5) is 10.1 Å². The van der Waals surface area contributed by atoms with Crippen molar-refractivity contribution in [3.05, 3.63) is 65.4 Å². The Morgan fingerprint density at radius 2 is 2.23 bits per heavy atom. The minimum atomic E-state index is -0.554. The molecule has 22 heavy (non-hydrogen) atoms. The third kappa shape index (κ3) is 2.65. The predicted molar refractivity (Wildman–Crippen MR) is 81.5 cm³/mol. The Bertz CT molecular complexity index is 774. The van der Waals surface area contributed by atoms with Gasteiger partial charge in [-0.25, -0.2) is 4.39 Å². The number of nitrogens with one attached hydrogen (secondary N) is 1. The number of hydrogen-bond acceptors (Lipinski definition) is 3. The van der Waals surface area contributed by atoms with Gasteiger partial charge in [-0.1, -0.05) is 18.2 Å². The summed E-state index contributed by atoms with van der Waals surface area (Å²) >= 11 is 0. The lowest BCUT2D eigenvalue weighted by atomic mass is 10.1. The van der Waals surface area contributed by atoms with Gasteiger partial charge < -0.3 is 14.5 Å². The lowest BCUT2D eigenvalue weighted by molar-refractivity contribution is 0.102. The number of anilines is 1. The molecule has 2 aromatic rings. The van der Waals surface area contributed by atoms with Gasteiger partial charge >= 0.3 is 0 Å². The van der Waals surface area contributed by atoms with Gasteiger partial charge in [0.15, 0.2) is 0 Å². The summed E-state index contributed by atoms with van der Waals surface area (Å²) in [5.41, 5.74) is 1.29. The van der Waals surface area contributed by atoms with E-state index in [1.165, 1.54) is 25.5 Å². The van der Waals surface area contributed by atoms with Crippen molar-refractivity contribution in [3.8, 4) is 5.75 Å². The lowest BCUT2D eigenvalue weighted by Crippen LogP contribution is -2.14. The van der Waals surface area contributed by atoms with Crippen molar-refractivity contribution in [3.63, 3.8) is 0 Å². The van der Waals surface area contributed by atoms with Crippen molar-refractivity contribution >= 4 is 17.7 Å². The molecular weight excluding hydrogens is 285 g/mol. The van der Waals surface area contributed by atoms with Gasteiger partial charge in [0, 0.05) is 11.6 Å². The standard InChI is InChI=1S/C17H14FNO3/c1-21-11-7-8-15(14(18)9-11)19-17(20)13-10-22-16-6-4-2-3-5-12(13)16/h2-4,6-10H,5H2,1H3,(H,19,20). The topological polar surface area (TPSA) is 51.5 Å². The Hall–Kier alpha value is -2.82. The van der Waals surface area contributed by atoms with Crippen LogP contribution in [0.2, 0.25) is 0 Å². The van der Waals surface area contributed by atoms with Crippen molar-refractivity contribution in [1.29, 1.82) is 0 Å². The Labute approximate surface area is 126 Å². The molecule has 1 N–H and O–H groups in total. The van der Waals surface area contributed by atoms with E-state index >= 15 is 0 Å². The van der Waals surface area contributed by atoms with Crippen LogP contribution in [0, 0.1) is 5.82 Å². The molecule has 0 radical (unpaired) electrons. The number of hydrogen-bond donors (Lipinski definition) is 1. The molecule has 0 bridgehead atoms. The molecule has 1 aromatic heterocycles. The molecule has 0 saturated heterocycles. The van der Waals surface area contributed by atoms with Crippen molar-refractivity contribution in [2.45, 2.75) is 6.42 Å². The van der Waals surface area contributed by atoms with E-state index in [0.717, 1.165) is 5.56 Å².